The van der Waals surface area contributed by atoms with Crippen LogP contribution in [0.3, 0.4) is 0 Å². The van der Waals surface area contributed by atoms with E-state index in [1.807, 2.05) is 26.0 Å². The van der Waals surface area contributed by atoms with Crippen molar-refractivity contribution in [2.45, 2.75) is 39.0 Å². The van der Waals surface area contributed by atoms with Crippen molar-refractivity contribution in [1.29, 1.82) is 0 Å². The first kappa shape index (κ1) is 16.9. The molecule has 1 aliphatic heterocycles. The fourth-order valence-electron chi connectivity index (χ4n) is 2.74. The van der Waals surface area contributed by atoms with E-state index in [9.17, 15) is 0 Å². The molecule has 1 heterocycles. The molecule has 0 saturated carbocycles. The molecule has 1 saturated heterocycles. The molecule has 1 aromatic rings. The summed E-state index contributed by atoms with van der Waals surface area (Å²) >= 11 is 12.6. The monoisotopic (exact) mass is 330 g/mol. The molecule has 21 heavy (non-hydrogen) atoms. The molecule has 0 aromatic heterocycles. The van der Waals surface area contributed by atoms with E-state index in [0.717, 1.165) is 25.2 Å². The largest absolute Gasteiger partial charge is 0.488 e. The highest BCUT2D eigenvalue weighted by molar-refractivity contribution is 6.37. The molecule has 1 atom stereocenters. The molecule has 0 bridgehead atoms. The molecule has 0 unspecified atom stereocenters. The van der Waals surface area contributed by atoms with Crippen LogP contribution in [0.2, 0.25) is 10.0 Å². The highest BCUT2D eigenvalue weighted by Crippen LogP contribution is 2.35. The lowest BCUT2D eigenvalue weighted by atomic mass is 10.1. The number of benzene rings is 1. The maximum Gasteiger partial charge on any atom is 0.156 e. The Hall–Kier alpha value is -0.480. The lowest BCUT2D eigenvalue weighted by molar-refractivity contribution is 0.233. The van der Waals surface area contributed by atoms with E-state index in [0.29, 0.717) is 21.8 Å². The van der Waals surface area contributed by atoms with E-state index in [4.69, 9.17) is 27.9 Å². The molecular weight excluding hydrogens is 307 g/mol. The van der Waals surface area contributed by atoms with Crippen LogP contribution in [-0.2, 0) is 6.54 Å². The first-order valence-electron chi connectivity index (χ1n) is 7.40. The van der Waals surface area contributed by atoms with Crippen molar-refractivity contribution >= 4 is 23.2 Å². The Morgan fingerprint density at radius 3 is 2.43 bits per heavy atom. The van der Waals surface area contributed by atoms with Gasteiger partial charge in [0.15, 0.2) is 5.75 Å². The smallest absolute Gasteiger partial charge is 0.156 e. The second-order valence-corrected chi connectivity index (χ2v) is 6.99. The minimum Gasteiger partial charge on any atom is -0.488 e. The summed E-state index contributed by atoms with van der Waals surface area (Å²) in [5.41, 5.74) is 1.12. The van der Waals surface area contributed by atoms with Gasteiger partial charge in [-0.25, -0.2) is 0 Å². The maximum atomic E-state index is 6.31. The fraction of sp³-hybridized carbons (Fsp3) is 0.625. The molecule has 0 amide bonds. The average molecular weight is 331 g/mol. The minimum absolute atomic E-state index is 0.0579. The topological polar surface area (TPSA) is 15.7 Å². The first-order chi connectivity index (χ1) is 9.86. The molecule has 1 aromatic carbocycles. The van der Waals surface area contributed by atoms with Crippen molar-refractivity contribution in [1.82, 2.24) is 9.80 Å². The zero-order valence-corrected chi connectivity index (χ0v) is 14.7. The van der Waals surface area contributed by atoms with Crippen LogP contribution in [0.25, 0.3) is 0 Å². The number of ether oxygens (including phenoxy) is 1. The summed E-state index contributed by atoms with van der Waals surface area (Å²) in [7, 11) is 4.32. The Bertz CT molecular complexity index is 470. The average Bonchev–Trinajstić information content (AvgIpc) is 2.80. The quantitative estimate of drug-likeness (QED) is 0.813. The summed E-state index contributed by atoms with van der Waals surface area (Å²) in [4.78, 5) is 4.73. The summed E-state index contributed by atoms with van der Waals surface area (Å²) in [5.74, 6) is 0.584. The number of likely N-dealkylation sites (tertiary alicyclic amines) is 1. The molecule has 0 radical (unpaired) electrons. The second kappa shape index (κ2) is 7.19. The molecule has 1 fully saturated rings. The van der Waals surface area contributed by atoms with E-state index in [2.05, 4.69) is 23.9 Å². The van der Waals surface area contributed by atoms with E-state index in [1.54, 1.807) is 0 Å². The lowest BCUT2D eigenvalue weighted by Gasteiger charge is -2.24. The number of hydrogen-bond donors (Lipinski definition) is 0. The number of nitrogens with zero attached hydrogens (tertiary/aromatic N) is 2. The van der Waals surface area contributed by atoms with E-state index in [1.165, 1.54) is 6.42 Å². The molecule has 3 nitrogen and oxygen atoms in total. The normalized spacial score (nSPS) is 19.7. The Balaban J connectivity index is 2.07. The van der Waals surface area contributed by atoms with Crippen molar-refractivity contribution in [3.63, 3.8) is 0 Å². The van der Waals surface area contributed by atoms with Gasteiger partial charge < -0.3 is 9.64 Å². The van der Waals surface area contributed by atoms with Gasteiger partial charge in [-0.3, -0.25) is 4.90 Å². The summed E-state index contributed by atoms with van der Waals surface area (Å²) in [5, 5.41) is 1.17. The molecule has 2 rings (SSSR count). The fourth-order valence-corrected chi connectivity index (χ4v) is 3.36. The summed E-state index contributed by atoms with van der Waals surface area (Å²) in [6, 6.07) is 4.51. The highest BCUT2D eigenvalue weighted by atomic mass is 35.5. The standard InChI is InChI=1S/C16H24Cl2N2O/c1-11(2)21-16-14(17)7-12(8-15(16)18)9-20(4)13-5-6-19(3)10-13/h7-8,11,13H,5-6,9-10H2,1-4H3/t13-/m0/s1. The van der Waals surface area contributed by atoms with Gasteiger partial charge in [0, 0.05) is 19.1 Å². The van der Waals surface area contributed by atoms with E-state index >= 15 is 0 Å². The van der Waals surface area contributed by atoms with Gasteiger partial charge in [0.2, 0.25) is 0 Å². The van der Waals surface area contributed by atoms with E-state index < -0.39 is 0 Å². The molecule has 118 valence electrons. The SMILES string of the molecule is CC(C)Oc1c(Cl)cc(CN(C)[C@H]2CCN(C)C2)cc1Cl. The van der Waals surface area contributed by atoms with Crippen LogP contribution in [0.4, 0.5) is 0 Å². The van der Waals surface area contributed by atoms with Gasteiger partial charge in [0.1, 0.15) is 0 Å². The Kier molecular flexibility index (Phi) is 5.78. The van der Waals surface area contributed by atoms with Crippen molar-refractivity contribution in [3.8, 4) is 5.75 Å². The van der Waals surface area contributed by atoms with E-state index in [-0.39, 0.29) is 6.10 Å². The van der Waals surface area contributed by atoms with Crippen molar-refractivity contribution in [2.24, 2.45) is 0 Å². The minimum atomic E-state index is 0.0579. The van der Waals surface area contributed by atoms with Crippen molar-refractivity contribution < 1.29 is 4.74 Å². The van der Waals surface area contributed by atoms with Crippen LogP contribution >= 0.6 is 23.2 Å². The van der Waals surface area contributed by atoms with Gasteiger partial charge in [-0.1, -0.05) is 23.2 Å². The molecule has 0 aliphatic carbocycles. The predicted molar refractivity (Wildman–Crippen MR) is 89.6 cm³/mol. The Labute approximate surface area is 137 Å². The lowest BCUT2D eigenvalue weighted by Crippen LogP contribution is -2.33. The first-order valence-corrected chi connectivity index (χ1v) is 8.15. The van der Waals surface area contributed by atoms with Gasteiger partial charge in [-0.15, -0.1) is 0 Å². The van der Waals surface area contributed by atoms with Crippen LogP contribution in [0.15, 0.2) is 12.1 Å². The number of hydrogen-bond acceptors (Lipinski definition) is 3. The van der Waals surface area contributed by atoms with Crippen LogP contribution in [0, 0.1) is 0 Å². The van der Waals surface area contributed by atoms with Crippen LogP contribution in [-0.4, -0.2) is 49.1 Å². The van der Waals surface area contributed by atoms with Crippen LogP contribution < -0.4 is 4.74 Å². The predicted octanol–water partition coefficient (Wildman–Crippen LogP) is 3.92. The molecule has 0 N–H and O–H groups in total. The number of halogens is 2. The summed E-state index contributed by atoms with van der Waals surface area (Å²) < 4.78 is 5.67. The van der Waals surface area contributed by atoms with Gasteiger partial charge >= 0.3 is 0 Å². The highest BCUT2D eigenvalue weighted by Gasteiger charge is 2.23. The zero-order valence-electron chi connectivity index (χ0n) is 13.2. The Morgan fingerprint density at radius 1 is 1.33 bits per heavy atom. The third-order valence-corrected chi connectivity index (χ3v) is 4.39. The third-order valence-electron chi connectivity index (χ3n) is 3.83. The third kappa shape index (κ3) is 4.49. The second-order valence-electron chi connectivity index (χ2n) is 6.18. The summed E-state index contributed by atoms with van der Waals surface area (Å²) in [6.07, 6.45) is 1.27. The molecule has 1 aliphatic rings. The molecule has 5 heteroatoms. The number of rotatable bonds is 5. The van der Waals surface area contributed by atoms with Gasteiger partial charge in [0.25, 0.3) is 0 Å². The summed E-state index contributed by atoms with van der Waals surface area (Å²) in [6.45, 7) is 7.06. The molecule has 0 spiro atoms. The van der Waals surface area contributed by atoms with Crippen LogP contribution in [0.1, 0.15) is 25.8 Å². The van der Waals surface area contributed by atoms with Crippen molar-refractivity contribution in [3.05, 3.63) is 27.7 Å². The van der Waals surface area contributed by atoms with Crippen molar-refractivity contribution in [2.75, 3.05) is 27.2 Å². The number of likely N-dealkylation sites (N-methyl/N-ethyl adjacent to an activating group) is 2. The van der Waals surface area contributed by atoms with Crippen LogP contribution in [0.5, 0.6) is 5.75 Å². The zero-order chi connectivity index (χ0) is 15.6. The Morgan fingerprint density at radius 2 is 1.95 bits per heavy atom. The van der Waals surface area contributed by atoms with Gasteiger partial charge in [-0.2, -0.15) is 0 Å². The van der Waals surface area contributed by atoms with Gasteiger partial charge in [0.05, 0.1) is 16.1 Å². The molecular formula is C16H24Cl2N2O. The van der Waals surface area contributed by atoms with Gasteiger partial charge in [-0.05, 0) is 58.6 Å². The maximum absolute atomic E-state index is 6.31.